The molecule has 2 rings (SSSR count). The van der Waals surface area contributed by atoms with Gasteiger partial charge in [-0.05, 0) is 62.5 Å². The SMILES string of the molecule is C1=C(\C2=C\CCCCCCC2)CCCCCCC/1.O=C(O)O.O=CO. The Kier molecular flexibility index (Phi) is 15.8. The molecule has 144 valence electrons. The monoisotopic (exact) mass is 354 g/mol. The molecule has 0 saturated carbocycles. The van der Waals surface area contributed by atoms with Crippen LogP contribution in [-0.2, 0) is 4.79 Å². The fraction of sp³-hybridized carbons (Fsp3) is 0.700. The van der Waals surface area contributed by atoms with Crippen molar-refractivity contribution in [2.24, 2.45) is 0 Å². The van der Waals surface area contributed by atoms with Gasteiger partial charge < -0.3 is 15.3 Å². The normalized spacial score (nSPS) is 23.2. The van der Waals surface area contributed by atoms with Crippen LogP contribution in [-0.4, -0.2) is 27.9 Å². The summed E-state index contributed by atoms with van der Waals surface area (Å²) in [6, 6.07) is 0. The molecule has 0 aromatic carbocycles. The van der Waals surface area contributed by atoms with Crippen molar-refractivity contribution in [2.75, 3.05) is 0 Å². The van der Waals surface area contributed by atoms with Gasteiger partial charge in [-0.2, -0.15) is 0 Å². The number of rotatable bonds is 1. The summed E-state index contributed by atoms with van der Waals surface area (Å²) in [5, 5.41) is 20.8. The van der Waals surface area contributed by atoms with Gasteiger partial charge >= 0.3 is 6.16 Å². The van der Waals surface area contributed by atoms with Gasteiger partial charge in [0.2, 0.25) is 0 Å². The van der Waals surface area contributed by atoms with Crippen LogP contribution in [0.2, 0.25) is 0 Å². The van der Waals surface area contributed by atoms with Gasteiger partial charge in [0.15, 0.2) is 0 Å². The van der Waals surface area contributed by atoms with Crippen LogP contribution in [0.15, 0.2) is 23.3 Å². The van der Waals surface area contributed by atoms with Crippen molar-refractivity contribution in [1.82, 2.24) is 0 Å². The molecule has 0 spiro atoms. The zero-order valence-corrected chi connectivity index (χ0v) is 15.3. The van der Waals surface area contributed by atoms with E-state index >= 15 is 0 Å². The Morgan fingerprint density at radius 1 is 0.720 bits per heavy atom. The van der Waals surface area contributed by atoms with E-state index in [1.54, 1.807) is 11.1 Å². The standard InChI is InChI=1S/C18H30.CH2O3.CH2O2/c1-2-6-10-14-17(13-9-5-1)18-15-11-7-3-4-8-12-16-18;2-1(3)4;2-1-3/h13,15H,1-12,14,16H2;(H2,2,3,4);1H,(H,2,3)/b17-13-,18-15+;;. The van der Waals surface area contributed by atoms with E-state index in [9.17, 15) is 0 Å². The molecule has 2 aliphatic carbocycles. The summed E-state index contributed by atoms with van der Waals surface area (Å²) in [5.74, 6) is 0. The van der Waals surface area contributed by atoms with E-state index in [0.29, 0.717) is 0 Å². The zero-order valence-electron chi connectivity index (χ0n) is 15.3. The van der Waals surface area contributed by atoms with Crippen LogP contribution in [0.1, 0.15) is 89.9 Å². The van der Waals surface area contributed by atoms with Crippen LogP contribution in [0.4, 0.5) is 4.79 Å². The van der Waals surface area contributed by atoms with E-state index in [1.807, 2.05) is 0 Å². The molecule has 0 amide bonds. The average Bonchev–Trinajstić information content (AvgIpc) is 2.78. The van der Waals surface area contributed by atoms with Crippen LogP contribution in [0.5, 0.6) is 0 Å². The number of carbonyl (C=O) groups is 2. The Hall–Kier alpha value is -1.78. The zero-order chi connectivity index (χ0) is 18.8. The molecule has 0 fully saturated rings. The van der Waals surface area contributed by atoms with Gasteiger partial charge in [0.05, 0.1) is 0 Å². The molecular weight excluding hydrogens is 320 g/mol. The lowest BCUT2D eigenvalue weighted by Crippen LogP contribution is -1.92. The summed E-state index contributed by atoms with van der Waals surface area (Å²) in [6.07, 6.45) is 23.1. The van der Waals surface area contributed by atoms with Crippen molar-refractivity contribution in [2.45, 2.75) is 89.9 Å². The molecule has 2 aliphatic rings. The van der Waals surface area contributed by atoms with Gasteiger partial charge in [0.1, 0.15) is 0 Å². The predicted molar refractivity (Wildman–Crippen MR) is 100 cm³/mol. The minimum Gasteiger partial charge on any atom is -0.483 e. The van der Waals surface area contributed by atoms with Crippen LogP contribution in [0.3, 0.4) is 0 Å². The maximum absolute atomic E-state index is 8.56. The first kappa shape index (κ1) is 23.2. The van der Waals surface area contributed by atoms with Crippen LogP contribution in [0.25, 0.3) is 0 Å². The molecule has 0 radical (unpaired) electrons. The molecule has 0 saturated heterocycles. The van der Waals surface area contributed by atoms with E-state index in [1.165, 1.54) is 89.9 Å². The first-order chi connectivity index (χ1) is 12.1. The second-order valence-electron chi connectivity index (χ2n) is 6.46. The Morgan fingerprint density at radius 3 is 1.36 bits per heavy atom. The Bertz CT molecular complexity index is 378. The Balaban J connectivity index is 0.000000708. The summed E-state index contributed by atoms with van der Waals surface area (Å²) in [5.41, 5.74) is 3.44. The molecular formula is C20H34O5. The molecule has 5 nitrogen and oxygen atoms in total. The fourth-order valence-electron chi connectivity index (χ4n) is 3.32. The maximum atomic E-state index is 8.56. The molecule has 0 aromatic rings. The quantitative estimate of drug-likeness (QED) is 0.484. The van der Waals surface area contributed by atoms with Gasteiger partial charge in [0.25, 0.3) is 6.47 Å². The summed E-state index contributed by atoms with van der Waals surface area (Å²) >= 11 is 0. The van der Waals surface area contributed by atoms with E-state index < -0.39 is 6.16 Å². The second kappa shape index (κ2) is 17.1. The minimum atomic E-state index is -1.83. The van der Waals surface area contributed by atoms with Crippen molar-refractivity contribution in [3.05, 3.63) is 23.3 Å². The number of hydrogen-bond donors (Lipinski definition) is 3. The Morgan fingerprint density at radius 2 is 1.00 bits per heavy atom. The number of hydrogen-bond acceptors (Lipinski definition) is 2. The highest BCUT2D eigenvalue weighted by Gasteiger charge is 2.08. The summed E-state index contributed by atoms with van der Waals surface area (Å²) in [7, 11) is 0. The number of allylic oxidation sites excluding steroid dienone is 4. The van der Waals surface area contributed by atoms with E-state index in [2.05, 4.69) is 12.2 Å². The third-order valence-electron chi connectivity index (χ3n) is 4.49. The molecule has 0 aromatic heterocycles. The predicted octanol–water partition coefficient (Wildman–Crippen LogP) is 6.25. The van der Waals surface area contributed by atoms with E-state index in [-0.39, 0.29) is 6.47 Å². The van der Waals surface area contributed by atoms with Crippen LogP contribution < -0.4 is 0 Å². The van der Waals surface area contributed by atoms with Gasteiger partial charge in [-0.3, -0.25) is 4.79 Å². The first-order valence-corrected chi connectivity index (χ1v) is 9.50. The Labute approximate surface area is 151 Å². The lowest BCUT2D eigenvalue weighted by atomic mass is 9.94. The molecule has 25 heavy (non-hydrogen) atoms. The second-order valence-corrected chi connectivity index (χ2v) is 6.46. The van der Waals surface area contributed by atoms with Crippen LogP contribution >= 0.6 is 0 Å². The summed E-state index contributed by atoms with van der Waals surface area (Å²) in [6.45, 7) is -0.250. The molecule has 0 bridgehead atoms. The van der Waals surface area contributed by atoms with Gasteiger partial charge in [0, 0.05) is 0 Å². The van der Waals surface area contributed by atoms with Crippen molar-refractivity contribution in [3.8, 4) is 0 Å². The molecule has 0 heterocycles. The smallest absolute Gasteiger partial charge is 0.483 e. The summed E-state index contributed by atoms with van der Waals surface area (Å²) in [4.78, 5) is 16.9. The lowest BCUT2D eigenvalue weighted by Gasteiger charge is -2.12. The highest BCUT2D eigenvalue weighted by Crippen LogP contribution is 2.28. The van der Waals surface area contributed by atoms with Crippen LogP contribution in [0, 0.1) is 0 Å². The fourth-order valence-corrected chi connectivity index (χ4v) is 3.32. The lowest BCUT2D eigenvalue weighted by molar-refractivity contribution is -0.122. The highest BCUT2D eigenvalue weighted by atomic mass is 16.6. The molecule has 0 unspecified atom stereocenters. The van der Waals surface area contributed by atoms with E-state index in [0.717, 1.165) is 0 Å². The third-order valence-corrected chi connectivity index (χ3v) is 4.49. The average molecular weight is 354 g/mol. The summed E-state index contributed by atoms with van der Waals surface area (Å²) < 4.78 is 0. The van der Waals surface area contributed by atoms with Crippen molar-refractivity contribution >= 4 is 12.6 Å². The van der Waals surface area contributed by atoms with E-state index in [4.69, 9.17) is 24.9 Å². The molecule has 0 aliphatic heterocycles. The highest BCUT2D eigenvalue weighted by molar-refractivity contribution is 5.53. The molecule has 0 atom stereocenters. The van der Waals surface area contributed by atoms with Gasteiger partial charge in [-0.15, -0.1) is 0 Å². The topological polar surface area (TPSA) is 94.8 Å². The largest absolute Gasteiger partial charge is 0.503 e. The van der Waals surface area contributed by atoms with Gasteiger partial charge in [-0.1, -0.05) is 50.7 Å². The van der Waals surface area contributed by atoms with Crippen molar-refractivity contribution in [3.63, 3.8) is 0 Å². The molecule has 3 N–H and O–H groups in total. The van der Waals surface area contributed by atoms with Gasteiger partial charge in [-0.25, -0.2) is 4.79 Å². The van der Waals surface area contributed by atoms with Crippen molar-refractivity contribution in [1.29, 1.82) is 0 Å². The maximum Gasteiger partial charge on any atom is 0.503 e. The third kappa shape index (κ3) is 15.5. The van der Waals surface area contributed by atoms with Crippen molar-refractivity contribution < 1.29 is 24.9 Å². The molecule has 5 heteroatoms. The first-order valence-electron chi connectivity index (χ1n) is 9.50. The number of carboxylic acid groups (broad SMARTS) is 3. The minimum absolute atomic E-state index is 0.250.